The summed E-state index contributed by atoms with van der Waals surface area (Å²) in [5.74, 6) is -4.00. The van der Waals surface area contributed by atoms with Crippen molar-refractivity contribution in [1.29, 1.82) is 0 Å². The van der Waals surface area contributed by atoms with E-state index in [1.54, 1.807) is 0 Å². The fourth-order valence-electron chi connectivity index (χ4n) is 3.93. The standard InChI is InChI=1S/C25H24F5N7O2/c1-35(2)12-11-31-23-33-19(14-7-9-15(10-8-14)36(3)22(38)25(28,29)30)16-13-32-24(39)37(21(16)34-23)20-17(26)5-4-6-18(20)27/h4-10H,11-13H2,1-3H3,(H,32,39)(H,31,33,34). The third-order valence-electron chi connectivity index (χ3n) is 5.90. The molecule has 3 amide bonds. The molecule has 0 saturated heterocycles. The number of hydrogen-bond acceptors (Lipinski definition) is 6. The van der Waals surface area contributed by atoms with Crippen molar-refractivity contribution < 1.29 is 31.5 Å². The zero-order valence-electron chi connectivity index (χ0n) is 21.1. The summed E-state index contributed by atoms with van der Waals surface area (Å²) in [5, 5.41) is 5.58. The number of para-hydroxylation sites is 1. The lowest BCUT2D eigenvalue weighted by molar-refractivity contribution is -0.170. The zero-order valence-corrected chi connectivity index (χ0v) is 21.1. The number of urea groups is 1. The summed E-state index contributed by atoms with van der Waals surface area (Å²) in [6, 6.07) is 7.89. The van der Waals surface area contributed by atoms with Gasteiger partial charge in [0.2, 0.25) is 5.95 Å². The fourth-order valence-corrected chi connectivity index (χ4v) is 3.93. The van der Waals surface area contributed by atoms with E-state index in [1.807, 2.05) is 19.0 Å². The summed E-state index contributed by atoms with van der Waals surface area (Å²) in [6.45, 7) is 0.910. The Bertz CT molecular complexity index is 1380. The molecule has 2 aromatic carbocycles. The zero-order chi connectivity index (χ0) is 28.5. The number of aromatic nitrogens is 2. The minimum absolute atomic E-state index is 0.0170. The van der Waals surface area contributed by atoms with Crippen LogP contribution in [-0.4, -0.2) is 67.2 Å². The molecule has 0 unspecified atom stereocenters. The highest BCUT2D eigenvalue weighted by Gasteiger charge is 2.41. The molecule has 1 aliphatic rings. The Balaban J connectivity index is 1.82. The molecule has 0 saturated carbocycles. The number of anilines is 4. The molecule has 0 atom stereocenters. The molecule has 1 aromatic heterocycles. The summed E-state index contributed by atoms with van der Waals surface area (Å²) < 4.78 is 68.1. The van der Waals surface area contributed by atoms with Gasteiger partial charge in [0, 0.05) is 37.0 Å². The van der Waals surface area contributed by atoms with Gasteiger partial charge in [0.05, 0.1) is 12.2 Å². The SMILES string of the molecule is CN(C)CCNc1nc(-c2ccc(N(C)C(=O)C(F)(F)F)cc2)c2c(n1)N(c1c(F)cccc1F)C(=O)NC2. The molecular formula is C25H24F5N7O2. The van der Waals surface area contributed by atoms with E-state index >= 15 is 0 Å². The van der Waals surface area contributed by atoms with Crippen LogP contribution in [0.5, 0.6) is 0 Å². The molecule has 39 heavy (non-hydrogen) atoms. The van der Waals surface area contributed by atoms with Gasteiger partial charge >= 0.3 is 18.1 Å². The first-order chi connectivity index (χ1) is 18.4. The second-order valence-corrected chi connectivity index (χ2v) is 8.90. The average molecular weight is 550 g/mol. The number of carbonyl (C=O) groups is 2. The van der Waals surface area contributed by atoms with E-state index in [9.17, 15) is 31.5 Å². The summed E-state index contributed by atoms with van der Waals surface area (Å²) >= 11 is 0. The van der Waals surface area contributed by atoms with E-state index in [2.05, 4.69) is 20.6 Å². The predicted molar refractivity (Wildman–Crippen MR) is 135 cm³/mol. The third-order valence-corrected chi connectivity index (χ3v) is 5.90. The average Bonchev–Trinajstić information content (AvgIpc) is 2.88. The number of fused-ring (bicyclic) bond motifs is 1. The van der Waals surface area contributed by atoms with Gasteiger partial charge in [0.25, 0.3) is 0 Å². The first-order valence-corrected chi connectivity index (χ1v) is 11.6. The minimum atomic E-state index is -5.05. The molecule has 14 heteroatoms. The molecule has 206 valence electrons. The Morgan fingerprint density at radius 3 is 2.28 bits per heavy atom. The molecule has 0 radical (unpaired) electrons. The van der Waals surface area contributed by atoms with Crippen molar-refractivity contribution in [2.24, 2.45) is 0 Å². The number of hydrogen-bond donors (Lipinski definition) is 2. The maximum absolute atomic E-state index is 14.7. The Labute approximate surface area is 220 Å². The summed E-state index contributed by atoms with van der Waals surface area (Å²) in [7, 11) is 4.71. The van der Waals surface area contributed by atoms with E-state index < -0.39 is 35.4 Å². The number of rotatable bonds is 7. The quantitative estimate of drug-likeness (QED) is 0.428. The van der Waals surface area contributed by atoms with Crippen molar-refractivity contribution in [3.05, 3.63) is 59.7 Å². The molecular weight excluding hydrogens is 525 g/mol. The van der Waals surface area contributed by atoms with Crippen LogP contribution in [0.4, 0.5) is 49.9 Å². The molecule has 0 spiro atoms. The molecule has 2 heterocycles. The van der Waals surface area contributed by atoms with Gasteiger partial charge in [-0.1, -0.05) is 18.2 Å². The number of halogens is 5. The number of amides is 3. The Morgan fingerprint density at radius 2 is 1.69 bits per heavy atom. The van der Waals surface area contributed by atoms with Crippen LogP contribution >= 0.6 is 0 Å². The predicted octanol–water partition coefficient (Wildman–Crippen LogP) is 4.28. The topological polar surface area (TPSA) is 93.7 Å². The van der Waals surface area contributed by atoms with E-state index in [1.165, 1.54) is 30.3 Å². The minimum Gasteiger partial charge on any atom is -0.353 e. The van der Waals surface area contributed by atoms with Crippen molar-refractivity contribution in [1.82, 2.24) is 20.2 Å². The number of carbonyl (C=O) groups excluding carboxylic acids is 2. The highest BCUT2D eigenvalue weighted by molar-refractivity contribution is 6.02. The van der Waals surface area contributed by atoms with E-state index in [4.69, 9.17) is 0 Å². The normalized spacial score (nSPS) is 13.3. The molecule has 9 nitrogen and oxygen atoms in total. The van der Waals surface area contributed by atoms with Gasteiger partial charge in [-0.25, -0.2) is 23.5 Å². The molecule has 0 bridgehead atoms. The molecule has 2 N–H and O–H groups in total. The van der Waals surface area contributed by atoms with Crippen LogP contribution in [0.25, 0.3) is 11.3 Å². The highest BCUT2D eigenvalue weighted by Crippen LogP contribution is 2.38. The number of likely N-dealkylation sites (N-methyl/N-ethyl adjacent to an activating group) is 1. The van der Waals surface area contributed by atoms with E-state index in [-0.39, 0.29) is 29.7 Å². The Kier molecular flexibility index (Phi) is 7.67. The number of nitrogens with one attached hydrogen (secondary N) is 2. The second kappa shape index (κ2) is 10.8. The van der Waals surface area contributed by atoms with Crippen LogP contribution in [0.1, 0.15) is 5.56 Å². The van der Waals surface area contributed by atoms with Crippen molar-refractivity contribution in [3.63, 3.8) is 0 Å². The van der Waals surface area contributed by atoms with Gasteiger partial charge in [0.15, 0.2) is 5.82 Å². The van der Waals surface area contributed by atoms with Crippen LogP contribution in [0.2, 0.25) is 0 Å². The number of benzene rings is 2. The van der Waals surface area contributed by atoms with Gasteiger partial charge < -0.3 is 20.4 Å². The molecule has 0 aliphatic carbocycles. The monoisotopic (exact) mass is 549 g/mol. The fraction of sp³-hybridized carbons (Fsp3) is 0.280. The smallest absolute Gasteiger partial charge is 0.353 e. The summed E-state index contributed by atoms with van der Waals surface area (Å²) in [4.78, 5) is 36.6. The second-order valence-electron chi connectivity index (χ2n) is 8.90. The van der Waals surface area contributed by atoms with Gasteiger partial charge in [-0.05, 0) is 38.4 Å². The maximum Gasteiger partial charge on any atom is 0.471 e. The lowest BCUT2D eigenvalue weighted by Crippen LogP contribution is -2.43. The van der Waals surface area contributed by atoms with Crippen LogP contribution < -0.4 is 20.4 Å². The van der Waals surface area contributed by atoms with Crippen molar-refractivity contribution >= 4 is 35.1 Å². The highest BCUT2D eigenvalue weighted by atomic mass is 19.4. The molecule has 1 aliphatic heterocycles. The van der Waals surface area contributed by atoms with Gasteiger partial charge in [-0.2, -0.15) is 18.2 Å². The first-order valence-electron chi connectivity index (χ1n) is 11.6. The lowest BCUT2D eigenvalue weighted by atomic mass is 10.0. The van der Waals surface area contributed by atoms with Crippen LogP contribution in [0, 0.1) is 11.6 Å². The molecule has 0 fully saturated rings. The van der Waals surface area contributed by atoms with Crippen molar-refractivity contribution in [2.75, 3.05) is 49.3 Å². The Morgan fingerprint density at radius 1 is 1.05 bits per heavy atom. The van der Waals surface area contributed by atoms with Gasteiger partial charge in [-0.3, -0.25) is 4.79 Å². The number of alkyl halides is 3. The van der Waals surface area contributed by atoms with Crippen LogP contribution in [-0.2, 0) is 11.3 Å². The maximum atomic E-state index is 14.7. The number of nitrogens with zero attached hydrogens (tertiary/aromatic N) is 5. The largest absolute Gasteiger partial charge is 0.471 e. The first kappa shape index (κ1) is 27.7. The summed E-state index contributed by atoms with van der Waals surface area (Å²) in [6.07, 6.45) is -5.05. The van der Waals surface area contributed by atoms with E-state index in [0.29, 0.717) is 29.1 Å². The van der Waals surface area contributed by atoms with Crippen molar-refractivity contribution in [2.45, 2.75) is 12.7 Å². The van der Waals surface area contributed by atoms with Gasteiger partial charge in [-0.15, -0.1) is 0 Å². The third kappa shape index (κ3) is 5.74. The van der Waals surface area contributed by atoms with Gasteiger partial charge in [0.1, 0.15) is 17.3 Å². The molecule has 3 aromatic rings. The van der Waals surface area contributed by atoms with E-state index in [0.717, 1.165) is 24.1 Å². The summed E-state index contributed by atoms with van der Waals surface area (Å²) in [5.41, 5.74) is 0.360. The van der Waals surface area contributed by atoms with Crippen LogP contribution in [0.3, 0.4) is 0 Å². The Hall–Kier alpha value is -4.33. The lowest BCUT2D eigenvalue weighted by Gasteiger charge is -2.31. The molecule has 4 rings (SSSR count). The van der Waals surface area contributed by atoms with Crippen molar-refractivity contribution in [3.8, 4) is 11.3 Å². The van der Waals surface area contributed by atoms with Crippen LogP contribution in [0.15, 0.2) is 42.5 Å².